The predicted molar refractivity (Wildman–Crippen MR) is 116 cm³/mol. The lowest BCUT2D eigenvalue weighted by molar-refractivity contribution is -0.116. The summed E-state index contributed by atoms with van der Waals surface area (Å²) in [5.41, 5.74) is 2.99. The van der Waals surface area contributed by atoms with Crippen LogP contribution in [0.3, 0.4) is 0 Å². The van der Waals surface area contributed by atoms with Crippen molar-refractivity contribution in [3.8, 4) is 0 Å². The highest BCUT2D eigenvalue weighted by Crippen LogP contribution is 2.30. The number of carbonyl (C=O) groups excluding carboxylic acids is 3. The van der Waals surface area contributed by atoms with E-state index < -0.39 is 5.60 Å². The molecule has 4 amide bonds. The second-order valence-electron chi connectivity index (χ2n) is 8.99. The first kappa shape index (κ1) is 21.9. The van der Waals surface area contributed by atoms with Gasteiger partial charge in [-0.3, -0.25) is 4.79 Å². The fourth-order valence-corrected chi connectivity index (χ4v) is 3.92. The van der Waals surface area contributed by atoms with Crippen LogP contribution in [0.1, 0.15) is 51.7 Å². The zero-order valence-electron chi connectivity index (χ0n) is 18.5. The van der Waals surface area contributed by atoms with E-state index in [1.807, 2.05) is 46.8 Å². The molecule has 8 heteroatoms. The third kappa shape index (κ3) is 5.04. The maximum Gasteiger partial charge on any atom is 0.410 e. The summed E-state index contributed by atoms with van der Waals surface area (Å²) in [5.74, 6) is 0.0241. The summed E-state index contributed by atoms with van der Waals surface area (Å²) in [6.07, 6.45) is 1.52. The first-order valence-electron chi connectivity index (χ1n) is 10.6. The smallest absolute Gasteiger partial charge is 0.410 e. The van der Waals surface area contributed by atoms with Gasteiger partial charge in [-0.05, 0) is 63.8 Å². The molecule has 0 spiro atoms. The van der Waals surface area contributed by atoms with Gasteiger partial charge in [0.2, 0.25) is 5.91 Å². The molecular weight excluding hydrogens is 384 g/mol. The zero-order valence-corrected chi connectivity index (χ0v) is 18.5. The molecule has 1 aromatic rings. The molecule has 0 bridgehead atoms. The lowest BCUT2D eigenvalue weighted by Crippen LogP contribution is -2.57. The molecule has 1 atom stereocenters. The summed E-state index contributed by atoms with van der Waals surface area (Å²) >= 11 is 0. The summed E-state index contributed by atoms with van der Waals surface area (Å²) in [4.78, 5) is 40.5. The Morgan fingerprint density at radius 3 is 2.63 bits per heavy atom. The van der Waals surface area contributed by atoms with Crippen molar-refractivity contribution >= 4 is 29.4 Å². The van der Waals surface area contributed by atoms with Gasteiger partial charge < -0.3 is 25.2 Å². The third-order valence-electron chi connectivity index (χ3n) is 5.42. The number of rotatable bonds is 2. The van der Waals surface area contributed by atoms with Crippen molar-refractivity contribution in [1.82, 2.24) is 9.80 Å². The second kappa shape index (κ2) is 8.53. The van der Waals surface area contributed by atoms with E-state index in [2.05, 4.69) is 10.6 Å². The molecule has 3 rings (SSSR count). The van der Waals surface area contributed by atoms with E-state index in [9.17, 15) is 14.4 Å². The largest absolute Gasteiger partial charge is 0.444 e. The maximum atomic E-state index is 13.0. The van der Waals surface area contributed by atoms with Crippen molar-refractivity contribution in [2.75, 3.05) is 30.3 Å². The maximum absolute atomic E-state index is 13.0. The molecule has 2 heterocycles. The number of amides is 4. The van der Waals surface area contributed by atoms with Crippen LogP contribution in [-0.2, 0) is 16.0 Å². The Hall–Kier alpha value is -2.77. The number of nitrogens with one attached hydrogen (secondary N) is 2. The molecule has 0 saturated carbocycles. The highest BCUT2D eigenvalue weighted by Gasteiger charge is 2.33. The van der Waals surface area contributed by atoms with Crippen LogP contribution in [-0.4, -0.2) is 59.1 Å². The molecule has 8 nitrogen and oxygen atoms in total. The monoisotopic (exact) mass is 416 g/mol. The Bertz CT molecular complexity index is 846. The minimum atomic E-state index is -0.545. The van der Waals surface area contributed by atoms with E-state index >= 15 is 0 Å². The summed E-state index contributed by atoms with van der Waals surface area (Å²) in [6.45, 7) is 10.8. The van der Waals surface area contributed by atoms with Gasteiger partial charge >= 0.3 is 12.1 Å². The Kier molecular flexibility index (Phi) is 6.24. The van der Waals surface area contributed by atoms with Crippen LogP contribution in [0.5, 0.6) is 0 Å². The van der Waals surface area contributed by atoms with E-state index in [1.165, 1.54) is 0 Å². The number of fused-ring (bicyclic) bond motifs is 1. The summed E-state index contributed by atoms with van der Waals surface area (Å²) in [7, 11) is 0. The molecule has 2 aliphatic heterocycles. The van der Waals surface area contributed by atoms with Gasteiger partial charge in [0.25, 0.3) is 0 Å². The summed E-state index contributed by atoms with van der Waals surface area (Å²) in [6, 6.07) is 3.55. The number of ether oxygens (including phenoxy) is 1. The van der Waals surface area contributed by atoms with Gasteiger partial charge in [-0.15, -0.1) is 0 Å². The quantitative estimate of drug-likeness (QED) is 0.768. The third-order valence-corrected chi connectivity index (χ3v) is 5.42. The molecule has 164 valence electrons. The van der Waals surface area contributed by atoms with Crippen molar-refractivity contribution in [2.24, 2.45) is 0 Å². The van der Waals surface area contributed by atoms with Crippen LogP contribution in [0.15, 0.2) is 12.1 Å². The van der Waals surface area contributed by atoms with E-state index in [-0.39, 0.29) is 24.1 Å². The van der Waals surface area contributed by atoms with Gasteiger partial charge in [-0.2, -0.15) is 0 Å². The fraction of sp³-hybridized carbons (Fsp3) is 0.591. The standard InChI is InChI=1S/C22H32N4O4/c1-6-17-13-25(21(29)30-22(3,4)5)9-10-26(17)20(28)23-16-11-14(2)19-15(12-16)7-8-18(27)24-19/h11-12,17H,6-10,13H2,1-5H3,(H,23,28)(H,24,27). The van der Waals surface area contributed by atoms with Gasteiger partial charge in [0.1, 0.15) is 5.60 Å². The minimum Gasteiger partial charge on any atom is -0.444 e. The van der Waals surface area contributed by atoms with Gasteiger partial charge in [-0.25, -0.2) is 9.59 Å². The lowest BCUT2D eigenvalue weighted by Gasteiger charge is -2.41. The Balaban J connectivity index is 1.67. The molecule has 0 aliphatic carbocycles. The predicted octanol–water partition coefficient (Wildman–Crippen LogP) is 3.74. The van der Waals surface area contributed by atoms with Crippen molar-refractivity contribution in [3.05, 3.63) is 23.3 Å². The van der Waals surface area contributed by atoms with Crippen LogP contribution in [0.25, 0.3) is 0 Å². The number of hydrogen-bond donors (Lipinski definition) is 2. The van der Waals surface area contributed by atoms with Crippen LogP contribution in [0.2, 0.25) is 0 Å². The first-order chi connectivity index (χ1) is 14.1. The van der Waals surface area contributed by atoms with Gasteiger partial charge in [0.15, 0.2) is 0 Å². The SMILES string of the molecule is CCC1CN(C(=O)OC(C)(C)C)CCN1C(=O)Nc1cc(C)c2c(c1)CCC(=O)N2. The second-order valence-corrected chi connectivity index (χ2v) is 8.99. The van der Waals surface area contributed by atoms with Crippen molar-refractivity contribution in [2.45, 2.75) is 65.5 Å². The average Bonchev–Trinajstić information content (AvgIpc) is 2.66. The molecule has 30 heavy (non-hydrogen) atoms. The van der Waals surface area contributed by atoms with Gasteiger partial charge in [0.05, 0.1) is 6.04 Å². The number of aryl methyl sites for hydroxylation is 2. The Morgan fingerprint density at radius 1 is 1.23 bits per heavy atom. The first-order valence-corrected chi connectivity index (χ1v) is 10.6. The number of hydrogen-bond acceptors (Lipinski definition) is 4. The molecule has 0 aromatic heterocycles. The van der Waals surface area contributed by atoms with Crippen LogP contribution in [0, 0.1) is 6.92 Å². The molecular formula is C22H32N4O4. The van der Waals surface area contributed by atoms with Gasteiger partial charge in [-0.1, -0.05) is 6.92 Å². The number of benzene rings is 1. The number of anilines is 2. The molecule has 2 aliphatic rings. The van der Waals surface area contributed by atoms with Crippen molar-refractivity contribution in [1.29, 1.82) is 0 Å². The fourth-order valence-electron chi connectivity index (χ4n) is 3.92. The minimum absolute atomic E-state index is 0.0241. The molecule has 2 N–H and O–H groups in total. The molecule has 1 saturated heterocycles. The topological polar surface area (TPSA) is 91.0 Å². The normalized spacial score (nSPS) is 19.1. The highest BCUT2D eigenvalue weighted by atomic mass is 16.6. The average molecular weight is 417 g/mol. The summed E-state index contributed by atoms with van der Waals surface area (Å²) < 4.78 is 5.47. The van der Waals surface area contributed by atoms with E-state index in [0.717, 1.165) is 28.9 Å². The van der Waals surface area contributed by atoms with Crippen LogP contribution < -0.4 is 10.6 Å². The number of piperazine rings is 1. The van der Waals surface area contributed by atoms with Crippen LogP contribution >= 0.6 is 0 Å². The zero-order chi connectivity index (χ0) is 22.1. The van der Waals surface area contributed by atoms with Crippen molar-refractivity contribution in [3.63, 3.8) is 0 Å². The number of urea groups is 1. The number of nitrogens with zero attached hydrogens (tertiary/aromatic N) is 2. The van der Waals surface area contributed by atoms with Gasteiger partial charge in [0, 0.05) is 37.4 Å². The molecule has 1 aromatic carbocycles. The van der Waals surface area contributed by atoms with E-state index in [1.54, 1.807) is 9.80 Å². The Morgan fingerprint density at radius 2 is 1.97 bits per heavy atom. The van der Waals surface area contributed by atoms with Crippen molar-refractivity contribution < 1.29 is 19.1 Å². The summed E-state index contributed by atoms with van der Waals surface area (Å²) in [5, 5.41) is 5.91. The van der Waals surface area contributed by atoms with E-state index in [4.69, 9.17) is 4.74 Å². The highest BCUT2D eigenvalue weighted by molar-refractivity contribution is 5.96. The number of carbonyl (C=O) groups is 3. The molecule has 1 unspecified atom stereocenters. The molecule has 1 fully saturated rings. The molecule has 0 radical (unpaired) electrons. The van der Waals surface area contributed by atoms with Crippen LogP contribution in [0.4, 0.5) is 21.0 Å². The lowest BCUT2D eigenvalue weighted by atomic mass is 9.98. The Labute approximate surface area is 177 Å². The van der Waals surface area contributed by atoms with E-state index in [0.29, 0.717) is 32.5 Å².